The van der Waals surface area contributed by atoms with E-state index in [-0.39, 0.29) is 0 Å². The molecule has 5 heteroatoms. The maximum atomic E-state index is 9.89. The van der Waals surface area contributed by atoms with Gasteiger partial charge in [0.25, 0.3) is 0 Å². The second-order valence-electron chi connectivity index (χ2n) is 1.24. The average Bonchev–Trinajstić information content (AvgIpc) is 1.84. The molecule has 0 saturated carbocycles. The summed E-state index contributed by atoms with van der Waals surface area (Å²) in [5.74, 6) is -1.38. The SMILES string of the molecule is N#CC(N)=C(N)C(=O)O. The van der Waals surface area contributed by atoms with Gasteiger partial charge < -0.3 is 16.6 Å². The van der Waals surface area contributed by atoms with Crippen molar-refractivity contribution in [1.82, 2.24) is 0 Å². The first-order chi connectivity index (χ1) is 4.09. The summed E-state index contributed by atoms with van der Waals surface area (Å²) in [4.78, 5) is 9.89. The maximum Gasteiger partial charge on any atom is 0.354 e. The van der Waals surface area contributed by atoms with Gasteiger partial charge in [-0.25, -0.2) is 4.79 Å². The Morgan fingerprint density at radius 3 is 2.11 bits per heavy atom. The third-order valence-corrected chi connectivity index (χ3v) is 0.641. The molecule has 0 aliphatic carbocycles. The molecule has 0 aliphatic rings. The Morgan fingerprint density at radius 1 is 1.56 bits per heavy atom. The lowest BCUT2D eigenvalue weighted by Crippen LogP contribution is -2.16. The highest BCUT2D eigenvalue weighted by Crippen LogP contribution is 1.86. The average molecular weight is 127 g/mol. The molecule has 9 heavy (non-hydrogen) atoms. The monoisotopic (exact) mass is 127 g/mol. The van der Waals surface area contributed by atoms with E-state index in [1.54, 1.807) is 0 Å². The molecule has 0 rings (SSSR count). The van der Waals surface area contributed by atoms with E-state index in [9.17, 15) is 4.79 Å². The van der Waals surface area contributed by atoms with Gasteiger partial charge in [0, 0.05) is 0 Å². The molecule has 0 saturated heterocycles. The lowest BCUT2D eigenvalue weighted by Gasteiger charge is -1.90. The van der Waals surface area contributed by atoms with Crippen LogP contribution in [-0.2, 0) is 4.79 Å². The smallest absolute Gasteiger partial charge is 0.354 e. The standard InChI is InChI=1S/C4H5N3O2/c5-1-2(6)3(7)4(8)9/h6-7H2,(H,8,9). The fourth-order valence-corrected chi connectivity index (χ4v) is 0.175. The number of hydrogen-bond donors (Lipinski definition) is 3. The Kier molecular flexibility index (Phi) is 2.08. The van der Waals surface area contributed by atoms with Crippen LogP contribution < -0.4 is 11.5 Å². The van der Waals surface area contributed by atoms with Crippen molar-refractivity contribution in [2.24, 2.45) is 11.5 Å². The molecule has 0 unspecified atom stereocenters. The van der Waals surface area contributed by atoms with E-state index in [4.69, 9.17) is 21.8 Å². The maximum absolute atomic E-state index is 9.89. The van der Waals surface area contributed by atoms with Gasteiger partial charge >= 0.3 is 5.97 Å². The Morgan fingerprint density at radius 2 is 2.00 bits per heavy atom. The second kappa shape index (κ2) is 2.57. The molecule has 0 heterocycles. The number of carboxylic acids is 1. The highest BCUT2D eigenvalue weighted by Gasteiger charge is 2.04. The van der Waals surface area contributed by atoms with E-state index in [0.29, 0.717) is 0 Å². The summed E-state index contributed by atoms with van der Waals surface area (Å²) < 4.78 is 0. The number of nitrogens with zero attached hydrogens (tertiary/aromatic N) is 1. The number of aliphatic carboxylic acids is 1. The largest absolute Gasteiger partial charge is 0.477 e. The van der Waals surface area contributed by atoms with Gasteiger partial charge in [0.05, 0.1) is 0 Å². The molecular formula is C4H5N3O2. The molecule has 0 aliphatic heterocycles. The van der Waals surface area contributed by atoms with E-state index in [0.717, 1.165) is 0 Å². The lowest BCUT2D eigenvalue weighted by atomic mass is 10.4. The van der Waals surface area contributed by atoms with Crippen molar-refractivity contribution < 1.29 is 9.90 Å². The first-order valence-electron chi connectivity index (χ1n) is 1.98. The summed E-state index contributed by atoms with van der Waals surface area (Å²) in [5.41, 5.74) is 8.55. The van der Waals surface area contributed by atoms with Gasteiger partial charge in [0.2, 0.25) is 0 Å². The predicted molar refractivity (Wildman–Crippen MR) is 28.6 cm³/mol. The molecule has 0 aromatic heterocycles. The number of rotatable bonds is 1. The first kappa shape index (κ1) is 7.30. The molecule has 48 valence electrons. The van der Waals surface area contributed by atoms with Crippen molar-refractivity contribution in [3.8, 4) is 6.07 Å². The van der Waals surface area contributed by atoms with Crippen LogP contribution in [0.4, 0.5) is 0 Å². The Labute approximate surface area is 51.2 Å². The molecule has 0 fully saturated rings. The van der Waals surface area contributed by atoms with Crippen LogP contribution >= 0.6 is 0 Å². The number of nitrogens with two attached hydrogens (primary N) is 2. The van der Waals surface area contributed by atoms with E-state index in [2.05, 4.69) is 0 Å². The normalized spacial score (nSPS) is 11.4. The summed E-state index contributed by atoms with van der Waals surface area (Å²) >= 11 is 0. The summed E-state index contributed by atoms with van der Waals surface area (Å²) in [6.07, 6.45) is 0. The molecule has 0 atom stereocenters. The zero-order valence-corrected chi connectivity index (χ0v) is 4.46. The van der Waals surface area contributed by atoms with Crippen molar-refractivity contribution in [2.75, 3.05) is 0 Å². The second-order valence-corrected chi connectivity index (χ2v) is 1.24. The van der Waals surface area contributed by atoms with Crippen LogP contribution in [0.2, 0.25) is 0 Å². The molecule has 0 aromatic carbocycles. The molecule has 5 nitrogen and oxygen atoms in total. The molecule has 0 bridgehead atoms. The minimum absolute atomic E-state index is 0.470. The minimum Gasteiger partial charge on any atom is -0.477 e. The third kappa shape index (κ3) is 1.69. The number of nitriles is 1. The van der Waals surface area contributed by atoms with E-state index < -0.39 is 17.4 Å². The molecule has 0 aromatic rings. The van der Waals surface area contributed by atoms with Crippen LogP contribution in [0.5, 0.6) is 0 Å². The van der Waals surface area contributed by atoms with Crippen molar-refractivity contribution >= 4 is 5.97 Å². The van der Waals surface area contributed by atoms with Gasteiger partial charge in [-0.05, 0) is 0 Å². The highest BCUT2D eigenvalue weighted by atomic mass is 16.4. The van der Waals surface area contributed by atoms with E-state index in [1.807, 2.05) is 0 Å². The van der Waals surface area contributed by atoms with Crippen LogP contribution in [0.3, 0.4) is 0 Å². The number of carbonyl (C=O) groups is 1. The lowest BCUT2D eigenvalue weighted by molar-refractivity contribution is -0.132. The molecular weight excluding hydrogens is 122 g/mol. The summed E-state index contributed by atoms with van der Waals surface area (Å²) in [6.45, 7) is 0. The Hall–Kier alpha value is -1.70. The number of carboxylic acid groups (broad SMARTS) is 1. The van der Waals surface area contributed by atoms with E-state index >= 15 is 0 Å². The fourth-order valence-electron chi connectivity index (χ4n) is 0.175. The van der Waals surface area contributed by atoms with Gasteiger partial charge in [0.15, 0.2) is 5.70 Å². The van der Waals surface area contributed by atoms with Crippen LogP contribution in [0.25, 0.3) is 0 Å². The molecule has 0 amide bonds. The third-order valence-electron chi connectivity index (χ3n) is 0.641. The fraction of sp³-hybridized carbons (Fsp3) is 0. The topological polar surface area (TPSA) is 113 Å². The van der Waals surface area contributed by atoms with Gasteiger partial charge in [-0.1, -0.05) is 0 Å². The van der Waals surface area contributed by atoms with Gasteiger partial charge in [-0.3, -0.25) is 0 Å². The Balaban J connectivity index is 4.54. The summed E-state index contributed by atoms with van der Waals surface area (Å²) in [6, 6.07) is 1.40. The van der Waals surface area contributed by atoms with Gasteiger partial charge in [-0.15, -0.1) is 0 Å². The first-order valence-corrected chi connectivity index (χ1v) is 1.98. The van der Waals surface area contributed by atoms with Gasteiger partial charge in [0.1, 0.15) is 11.8 Å². The van der Waals surface area contributed by atoms with Crippen molar-refractivity contribution in [3.63, 3.8) is 0 Å². The summed E-state index contributed by atoms with van der Waals surface area (Å²) in [5, 5.41) is 16.0. The molecule has 0 radical (unpaired) electrons. The molecule has 5 N–H and O–H groups in total. The number of allylic oxidation sites excluding steroid dienone is 1. The van der Waals surface area contributed by atoms with Crippen LogP contribution in [0.15, 0.2) is 11.4 Å². The zero-order chi connectivity index (χ0) is 7.44. The predicted octanol–water partition coefficient (Wildman–Crippen LogP) is -1.28. The minimum atomic E-state index is -1.38. The number of hydrogen-bond acceptors (Lipinski definition) is 4. The van der Waals surface area contributed by atoms with Crippen molar-refractivity contribution in [2.45, 2.75) is 0 Å². The van der Waals surface area contributed by atoms with E-state index in [1.165, 1.54) is 6.07 Å². The Bertz CT molecular complexity index is 200. The van der Waals surface area contributed by atoms with Crippen molar-refractivity contribution in [1.29, 1.82) is 5.26 Å². The van der Waals surface area contributed by atoms with Crippen LogP contribution in [-0.4, -0.2) is 11.1 Å². The van der Waals surface area contributed by atoms with Crippen LogP contribution in [0.1, 0.15) is 0 Å². The highest BCUT2D eigenvalue weighted by molar-refractivity contribution is 5.86. The quantitative estimate of drug-likeness (QED) is 0.300. The molecule has 0 spiro atoms. The zero-order valence-electron chi connectivity index (χ0n) is 4.46. The van der Waals surface area contributed by atoms with Crippen molar-refractivity contribution in [3.05, 3.63) is 11.4 Å². The van der Waals surface area contributed by atoms with Gasteiger partial charge in [-0.2, -0.15) is 5.26 Å². The summed E-state index contributed by atoms with van der Waals surface area (Å²) in [7, 11) is 0. The van der Waals surface area contributed by atoms with Crippen LogP contribution in [0, 0.1) is 11.3 Å².